The van der Waals surface area contributed by atoms with E-state index >= 15 is 0 Å². The molecule has 0 unspecified atom stereocenters. The van der Waals surface area contributed by atoms with Crippen LogP contribution in [0.3, 0.4) is 0 Å². The average molecular weight is 476 g/mol. The first-order chi connectivity index (χ1) is 16.4. The van der Waals surface area contributed by atoms with Crippen molar-refractivity contribution in [3.63, 3.8) is 0 Å². The third-order valence-corrected chi connectivity index (χ3v) is 6.50. The Morgan fingerprint density at radius 1 is 1.00 bits per heavy atom. The number of anilines is 2. The predicted molar refractivity (Wildman–Crippen MR) is 128 cm³/mol. The van der Waals surface area contributed by atoms with E-state index in [4.69, 9.17) is 0 Å². The lowest BCUT2D eigenvalue weighted by Gasteiger charge is -2.19. The minimum absolute atomic E-state index is 0.211. The van der Waals surface area contributed by atoms with Crippen LogP contribution in [0.5, 0.6) is 0 Å². The van der Waals surface area contributed by atoms with Crippen LogP contribution in [0.4, 0.5) is 20.2 Å². The van der Waals surface area contributed by atoms with Crippen LogP contribution in [-0.4, -0.2) is 17.1 Å². The van der Waals surface area contributed by atoms with Crippen LogP contribution in [0.2, 0.25) is 0 Å². The summed E-state index contributed by atoms with van der Waals surface area (Å²) in [5, 5.41) is 12.0. The molecular weight excluding hydrogens is 456 g/mol. The number of nitrogens with zero attached hydrogens (tertiary/aromatic N) is 2. The number of nitrogens with one attached hydrogen (secondary N) is 1. The van der Waals surface area contributed by atoms with Crippen LogP contribution in [0, 0.1) is 29.9 Å². The van der Waals surface area contributed by atoms with Crippen molar-refractivity contribution in [2.45, 2.75) is 18.6 Å². The molecule has 0 radical (unpaired) electrons. The van der Waals surface area contributed by atoms with Crippen molar-refractivity contribution in [2.75, 3.05) is 10.2 Å². The van der Waals surface area contributed by atoms with Crippen molar-refractivity contribution < 1.29 is 18.4 Å². The van der Waals surface area contributed by atoms with Gasteiger partial charge in [0.05, 0.1) is 5.25 Å². The molecule has 1 fully saturated rings. The number of amides is 2. The molecule has 1 aliphatic rings. The van der Waals surface area contributed by atoms with Gasteiger partial charge in [0.25, 0.3) is 5.91 Å². The lowest BCUT2D eigenvalue weighted by Crippen LogP contribution is -2.30. The minimum Gasteiger partial charge on any atom is -0.321 e. The molecule has 1 N–H and O–H groups in total. The second-order valence-electron chi connectivity index (χ2n) is 7.70. The zero-order chi connectivity index (χ0) is 24.2. The van der Waals surface area contributed by atoms with E-state index in [1.165, 1.54) is 41.3 Å². The summed E-state index contributed by atoms with van der Waals surface area (Å²) >= 11 is 1.12. The molecule has 1 atom stereocenters. The Hall–Kier alpha value is -3.96. The van der Waals surface area contributed by atoms with E-state index in [9.17, 15) is 23.6 Å². The zero-order valence-electron chi connectivity index (χ0n) is 18.1. The first kappa shape index (κ1) is 23.2. The van der Waals surface area contributed by atoms with Gasteiger partial charge in [0, 0.05) is 11.4 Å². The topological polar surface area (TPSA) is 73.2 Å². The van der Waals surface area contributed by atoms with Crippen LogP contribution >= 0.6 is 11.8 Å². The van der Waals surface area contributed by atoms with Gasteiger partial charge in [-0.1, -0.05) is 41.6 Å². The Bertz CT molecular complexity index is 1300. The molecule has 0 bridgehead atoms. The summed E-state index contributed by atoms with van der Waals surface area (Å²) < 4.78 is 26.5. The van der Waals surface area contributed by atoms with E-state index in [1.807, 2.05) is 25.1 Å². The van der Waals surface area contributed by atoms with Gasteiger partial charge < -0.3 is 5.32 Å². The normalized spacial score (nSPS) is 16.8. The maximum Gasteiger partial charge on any atom is 0.269 e. The number of hydrogen-bond donors (Lipinski definition) is 1. The lowest BCUT2D eigenvalue weighted by atomic mass is 10.1. The number of benzene rings is 3. The van der Waals surface area contributed by atoms with Gasteiger partial charge in [-0.2, -0.15) is 5.26 Å². The van der Waals surface area contributed by atoms with Crippen LogP contribution in [0.25, 0.3) is 0 Å². The van der Waals surface area contributed by atoms with Crippen molar-refractivity contribution in [1.29, 1.82) is 5.26 Å². The minimum atomic E-state index is -0.705. The number of carbonyl (C=O) groups excluding carboxylic acids is 2. The fourth-order valence-corrected chi connectivity index (χ4v) is 4.79. The van der Waals surface area contributed by atoms with Crippen LogP contribution in [0.15, 0.2) is 83.4 Å². The molecule has 4 rings (SSSR count). The molecule has 2 amide bonds. The number of thioether (sulfide) groups is 1. The Morgan fingerprint density at radius 3 is 2.18 bits per heavy atom. The maximum atomic E-state index is 13.4. The molecule has 3 aromatic rings. The number of hydrogen-bond acceptors (Lipinski definition) is 4. The van der Waals surface area contributed by atoms with Gasteiger partial charge in [-0.05, 0) is 67.4 Å². The van der Waals surface area contributed by atoms with Gasteiger partial charge in [0.1, 0.15) is 28.3 Å². The summed E-state index contributed by atoms with van der Waals surface area (Å²) in [4.78, 5) is 27.8. The molecular formula is C26H19F2N3O2S. The molecule has 170 valence electrons. The van der Waals surface area contributed by atoms with Gasteiger partial charge in [0.2, 0.25) is 5.91 Å². The molecule has 5 nitrogen and oxygen atoms in total. The van der Waals surface area contributed by atoms with E-state index in [1.54, 1.807) is 24.3 Å². The molecule has 0 aliphatic carbocycles. The molecule has 34 heavy (non-hydrogen) atoms. The highest BCUT2D eigenvalue weighted by Crippen LogP contribution is 2.42. The maximum absolute atomic E-state index is 13.4. The quantitative estimate of drug-likeness (QED) is 0.400. The fourth-order valence-electron chi connectivity index (χ4n) is 3.48. The number of halogens is 2. The van der Waals surface area contributed by atoms with Crippen LogP contribution < -0.4 is 10.2 Å². The van der Waals surface area contributed by atoms with Gasteiger partial charge in [0.15, 0.2) is 0 Å². The highest BCUT2D eigenvalue weighted by Gasteiger charge is 2.40. The Balaban J connectivity index is 1.71. The van der Waals surface area contributed by atoms with E-state index in [0.29, 0.717) is 17.8 Å². The molecule has 1 aliphatic heterocycles. The van der Waals surface area contributed by atoms with E-state index in [0.717, 1.165) is 22.9 Å². The van der Waals surface area contributed by atoms with Crippen LogP contribution in [0.1, 0.15) is 11.1 Å². The SMILES string of the molecule is Cc1ccc(N2C(=O)[C@@H](Cc3ccc(F)cc3)S/C2=C(\C#N)C(=O)Nc2ccc(F)cc2)cc1. The first-order valence-electron chi connectivity index (χ1n) is 10.4. The first-order valence-corrected chi connectivity index (χ1v) is 11.3. The molecule has 0 saturated carbocycles. The Labute approximate surface area is 199 Å². The van der Waals surface area contributed by atoms with Gasteiger partial charge >= 0.3 is 0 Å². The van der Waals surface area contributed by atoms with Crippen LogP contribution in [-0.2, 0) is 16.0 Å². The van der Waals surface area contributed by atoms with Crippen molar-refractivity contribution in [3.8, 4) is 6.07 Å². The average Bonchev–Trinajstić information content (AvgIpc) is 3.13. The molecule has 0 aromatic heterocycles. The summed E-state index contributed by atoms with van der Waals surface area (Å²) in [6.07, 6.45) is 0.300. The monoisotopic (exact) mass is 475 g/mol. The molecule has 1 heterocycles. The summed E-state index contributed by atoms with van der Waals surface area (Å²) in [6.45, 7) is 1.91. The summed E-state index contributed by atoms with van der Waals surface area (Å²) in [5.74, 6) is -1.82. The van der Waals surface area contributed by atoms with E-state index < -0.39 is 17.0 Å². The molecule has 3 aromatic carbocycles. The third-order valence-electron chi connectivity index (χ3n) is 5.23. The van der Waals surface area contributed by atoms with Crippen molar-refractivity contribution in [3.05, 3.63) is 106 Å². The fraction of sp³-hybridized carbons (Fsp3) is 0.115. The van der Waals surface area contributed by atoms with Crippen molar-refractivity contribution in [1.82, 2.24) is 0 Å². The second kappa shape index (κ2) is 9.89. The number of aryl methyl sites for hydroxylation is 1. The van der Waals surface area contributed by atoms with Crippen molar-refractivity contribution in [2.24, 2.45) is 0 Å². The van der Waals surface area contributed by atoms with Gasteiger partial charge in [-0.25, -0.2) is 8.78 Å². The second-order valence-corrected chi connectivity index (χ2v) is 8.89. The van der Waals surface area contributed by atoms with Crippen molar-refractivity contribution >= 4 is 35.0 Å². The predicted octanol–water partition coefficient (Wildman–Crippen LogP) is 5.34. The van der Waals surface area contributed by atoms with E-state index in [2.05, 4.69) is 5.32 Å². The number of nitriles is 1. The summed E-state index contributed by atoms with van der Waals surface area (Å²) in [6, 6.07) is 20.1. The standard InChI is InChI=1S/C26H19F2N3O2S/c1-16-2-12-21(13-3-16)31-25(33)23(14-17-4-6-18(27)7-5-17)34-26(31)22(15-29)24(32)30-20-10-8-19(28)9-11-20/h2-13,23H,14H2,1H3,(H,30,32)/b26-22+/t23-/m1/s1. The smallest absolute Gasteiger partial charge is 0.269 e. The molecule has 8 heteroatoms. The lowest BCUT2D eigenvalue weighted by molar-refractivity contribution is -0.117. The Kier molecular flexibility index (Phi) is 6.75. The number of rotatable bonds is 5. The largest absolute Gasteiger partial charge is 0.321 e. The number of carbonyl (C=O) groups is 2. The zero-order valence-corrected chi connectivity index (χ0v) is 18.9. The highest BCUT2D eigenvalue weighted by atomic mass is 32.2. The van der Waals surface area contributed by atoms with E-state index in [-0.39, 0.29) is 22.3 Å². The highest BCUT2D eigenvalue weighted by molar-refractivity contribution is 8.05. The van der Waals surface area contributed by atoms with Gasteiger partial charge in [-0.15, -0.1) is 0 Å². The third kappa shape index (κ3) is 5.00. The molecule has 0 spiro atoms. The Morgan fingerprint density at radius 2 is 1.59 bits per heavy atom. The molecule has 1 saturated heterocycles. The summed E-state index contributed by atoms with van der Waals surface area (Å²) in [7, 11) is 0. The van der Waals surface area contributed by atoms with Gasteiger partial charge in [-0.3, -0.25) is 14.5 Å². The summed E-state index contributed by atoms with van der Waals surface area (Å²) in [5.41, 5.74) is 2.36.